The summed E-state index contributed by atoms with van der Waals surface area (Å²) in [4.78, 5) is 0. The third kappa shape index (κ3) is 3.62. The normalized spacial score (nSPS) is 14.6. The zero-order valence-corrected chi connectivity index (χ0v) is 12.6. The van der Waals surface area contributed by atoms with Gasteiger partial charge in [0.15, 0.2) is 11.5 Å². The maximum atomic E-state index is 11.6. The molecule has 1 heterocycles. The summed E-state index contributed by atoms with van der Waals surface area (Å²) in [6.45, 7) is 2.05. The van der Waals surface area contributed by atoms with Gasteiger partial charge in [0, 0.05) is 32.7 Å². The SMILES string of the molecule is CN(C)S(=O)(=O)CCNCc1cccc2c1OCCO2. The van der Waals surface area contributed by atoms with Gasteiger partial charge < -0.3 is 14.8 Å². The smallest absolute Gasteiger partial charge is 0.214 e. The monoisotopic (exact) mass is 300 g/mol. The average molecular weight is 300 g/mol. The number of rotatable bonds is 6. The highest BCUT2D eigenvalue weighted by Gasteiger charge is 2.16. The Morgan fingerprint density at radius 3 is 2.75 bits per heavy atom. The topological polar surface area (TPSA) is 67.9 Å². The summed E-state index contributed by atoms with van der Waals surface area (Å²) >= 11 is 0. The van der Waals surface area contributed by atoms with Gasteiger partial charge in [0.1, 0.15) is 13.2 Å². The molecule has 7 heteroatoms. The number of ether oxygens (including phenoxy) is 2. The molecule has 1 aromatic carbocycles. The Bertz CT molecular complexity index is 557. The van der Waals surface area contributed by atoms with E-state index in [2.05, 4.69) is 5.32 Å². The Morgan fingerprint density at radius 1 is 1.25 bits per heavy atom. The molecule has 0 aromatic heterocycles. The van der Waals surface area contributed by atoms with Crippen LogP contribution < -0.4 is 14.8 Å². The van der Waals surface area contributed by atoms with E-state index in [1.807, 2.05) is 18.2 Å². The molecule has 0 atom stereocenters. The number of nitrogens with zero attached hydrogens (tertiary/aromatic N) is 1. The Hall–Kier alpha value is -1.31. The Labute approximate surface area is 119 Å². The molecule has 2 rings (SSSR count). The van der Waals surface area contributed by atoms with Gasteiger partial charge in [-0.05, 0) is 6.07 Å². The lowest BCUT2D eigenvalue weighted by molar-refractivity contribution is 0.169. The van der Waals surface area contributed by atoms with E-state index in [-0.39, 0.29) is 5.75 Å². The molecule has 1 aliphatic heterocycles. The van der Waals surface area contributed by atoms with Crippen LogP contribution in [-0.2, 0) is 16.6 Å². The van der Waals surface area contributed by atoms with Crippen LogP contribution in [0.5, 0.6) is 11.5 Å². The molecule has 0 aliphatic carbocycles. The lowest BCUT2D eigenvalue weighted by Gasteiger charge is -2.21. The van der Waals surface area contributed by atoms with Gasteiger partial charge in [0.2, 0.25) is 10.0 Å². The summed E-state index contributed by atoms with van der Waals surface area (Å²) < 4.78 is 35.6. The van der Waals surface area contributed by atoms with Crippen molar-refractivity contribution in [1.82, 2.24) is 9.62 Å². The molecule has 0 fully saturated rings. The van der Waals surface area contributed by atoms with Gasteiger partial charge in [-0.25, -0.2) is 12.7 Å². The van der Waals surface area contributed by atoms with Gasteiger partial charge in [0.05, 0.1) is 5.75 Å². The van der Waals surface area contributed by atoms with E-state index in [4.69, 9.17) is 9.47 Å². The van der Waals surface area contributed by atoms with Crippen LogP contribution in [0.1, 0.15) is 5.56 Å². The summed E-state index contributed by atoms with van der Waals surface area (Å²) in [5.41, 5.74) is 0.976. The second-order valence-corrected chi connectivity index (χ2v) is 7.02. The van der Waals surface area contributed by atoms with Crippen molar-refractivity contribution in [3.05, 3.63) is 23.8 Å². The average Bonchev–Trinajstić information content (AvgIpc) is 2.43. The highest BCUT2D eigenvalue weighted by molar-refractivity contribution is 7.89. The third-order valence-electron chi connectivity index (χ3n) is 3.06. The largest absolute Gasteiger partial charge is 0.486 e. The molecule has 1 aromatic rings. The second-order valence-electron chi connectivity index (χ2n) is 4.72. The first-order valence-electron chi connectivity index (χ1n) is 6.49. The number of fused-ring (bicyclic) bond motifs is 1. The minimum atomic E-state index is -3.16. The van der Waals surface area contributed by atoms with Crippen molar-refractivity contribution >= 4 is 10.0 Å². The minimum Gasteiger partial charge on any atom is -0.486 e. The Balaban J connectivity index is 1.89. The molecule has 0 spiro atoms. The fraction of sp³-hybridized carbons (Fsp3) is 0.538. The number of benzene rings is 1. The number of hydrogen-bond acceptors (Lipinski definition) is 5. The van der Waals surface area contributed by atoms with Crippen molar-refractivity contribution in [2.24, 2.45) is 0 Å². The zero-order chi connectivity index (χ0) is 14.6. The van der Waals surface area contributed by atoms with Gasteiger partial charge in [-0.3, -0.25) is 0 Å². The molecular formula is C13H20N2O4S. The quantitative estimate of drug-likeness (QED) is 0.772. The van der Waals surface area contributed by atoms with Crippen LogP contribution in [0.4, 0.5) is 0 Å². The van der Waals surface area contributed by atoms with Crippen LogP contribution in [0.2, 0.25) is 0 Å². The van der Waals surface area contributed by atoms with Crippen molar-refractivity contribution in [3.63, 3.8) is 0 Å². The van der Waals surface area contributed by atoms with E-state index in [0.29, 0.717) is 26.3 Å². The summed E-state index contributed by atoms with van der Waals surface area (Å²) in [6.07, 6.45) is 0. The van der Waals surface area contributed by atoms with Crippen LogP contribution in [0, 0.1) is 0 Å². The summed E-state index contributed by atoms with van der Waals surface area (Å²) in [6, 6.07) is 5.72. The van der Waals surface area contributed by atoms with Crippen LogP contribution in [0.3, 0.4) is 0 Å². The van der Waals surface area contributed by atoms with Gasteiger partial charge in [-0.1, -0.05) is 12.1 Å². The summed E-state index contributed by atoms with van der Waals surface area (Å²) in [5.74, 6) is 1.57. The van der Waals surface area contributed by atoms with Crippen molar-refractivity contribution < 1.29 is 17.9 Å². The minimum absolute atomic E-state index is 0.0758. The van der Waals surface area contributed by atoms with E-state index < -0.39 is 10.0 Å². The Kier molecular flexibility index (Phi) is 4.85. The molecule has 0 unspecified atom stereocenters. The molecular weight excluding hydrogens is 280 g/mol. The van der Waals surface area contributed by atoms with E-state index in [0.717, 1.165) is 17.1 Å². The molecule has 112 valence electrons. The first-order chi connectivity index (χ1) is 9.50. The summed E-state index contributed by atoms with van der Waals surface area (Å²) in [5, 5.41) is 3.12. The van der Waals surface area contributed by atoms with E-state index in [9.17, 15) is 8.42 Å². The van der Waals surface area contributed by atoms with Crippen molar-refractivity contribution in [3.8, 4) is 11.5 Å². The Morgan fingerprint density at radius 2 is 2.00 bits per heavy atom. The number of sulfonamides is 1. The van der Waals surface area contributed by atoms with Gasteiger partial charge >= 0.3 is 0 Å². The molecule has 20 heavy (non-hydrogen) atoms. The molecule has 6 nitrogen and oxygen atoms in total. The first kappa shape index (κ1) is 15.1. The highest BCUT2D eigenvalue weighted by Crippen LogP contribution is 2.33. The van der Waals surface area contributed by atoms with Gasteiger partial charge in [-0.2, -0.15) is 0 Å². The van der Waals surface area contributed by atoms with Crippen molar-refractivity contribution in [1.29, 1.82) is 0 Å². The highest BCUT2D eigenvalue weighted by atomic mass is 32.2. The molecule has 1 N–H and O–H groups in total. The maximum absolute atomic E-state index is 11.6. The molecule has 0 saturated carbocycles. The van der Waals surface area contributed by atoms with Crippen molar-refractivity contribution in [2.75, 3.05) is 39.6 Å². The van der Waals surface area contributed by atoms with Crippen LogP contribution >= 0.6 is 0 Å². The first-order valence-corrected chi connectivity index (χ1v) is 8.10. The lowest BCUT2D eigenvalue weighted by Crippen LogP contribution is -2.31. The third-order valence-corrected chi connectivity index (χ3v) is 4.89. The van der Waals surface area contributed by atoms with Gasteiger partial charge in [0.25, 0.3) is 0 Å². The second kappa shape index (κ2) is 6.43. The molecule has 0 radical (unpaired) electrons. The van der Waals surface area contributed by atoms with E-state index in [1.54, 1.807) is 0 Å². The van der Waals surface area contributed by atoms with E-state index in [1.165, 1.54) is 18.4 Å². The van der Waals surface area contributed by atoms with Crippen LogP contribution in [0.15, 0.2) is 18.2 Å². The van der Waals surface area contributed by atoms with E-state index >= 15 is 0 Å². The van der Waals surface area contributed by atoms with Crippen molar-refractivity contribution in [2.45, 2.75) is 6.54 Å². The number of nitrogens with one attached hydrogen (secondary N) is 1. The molecule has 0 bridgehead atoms. The standard InChI is InChI=1S/C13H20N2O4S/c1-15(2)20(16,17)9-6-14-10-11-4-3-5-12-13(11)19-8-7-18-12/h3-5,14H,6-10H2,1-2H3. The zero-order valence-electron chi connectivity index (χ0n) is 11.8. The molecule has 0 saturated heterocycles. The predicted octanol–water partition coefficient (Wildman–Crippen LogP) is 0.439. The number of hydrogen-bond donors (Lipinski definition) is 1. The predicted molar refractivity (Wildman–Crippen MR) is 76.6 cm³/mol. The lowest BCUT2D eigenvalue weighted by atomic mass is 10.1. The number of para-hydroxylation sites is 1. The summed E-state index contributed by atoms with van der Waals surface area (Å²) in [7, 11) is -0.0835. The van der Waals surface area contributed by atoms with Crippen LogP contribution in [0.25, 0.3) is 0 Å². The molecule has 1 aliphatic rings. The fourth-order valence-corrected chi connectivity index (χ4v) is 2.65. The van der Waals surface area contributed by atoms with Crippen LogP contribution in [-0.4, -0.2) is 52.3 Å². The fourth-order valence-electron chi connectivity index (χ4n) is 1.88. The maximum Gasteiger partial charge on any atom is 0.214 e. The van der Waals surface area contributed by atoms with Gasteiger partial charge in [-0.15, -0.1) is 0 Å². The molecule has 0 amide bonds.